The molecule has 1 heterocycles. The summed E-state index contributed by atoms with van der Waals surface area (Å²) in [4.78, 5) is 0. The first-order valence-corrected chi connectivity index (χ1v) is 7.24. The molecule has 1 aromatic rings. The van der Waals surface area contributed by atoms with E-state index in [1.807, 2.05) is 12.1 Å². The molecule has 106 valence electrons. The maximum Gasteiger partial charge on any atom is 0.121 e. The van der Waals surface area contributed by atoms with Crippen molar-refractivity contribution in [3.63, 3.8) is 0 Å². The first kappa shape index (κ1) is 14.2. The molecule has 1 fully saturated rings. The predicted octanol–water partition coefficient (Wildman–Crippen LogP) is 3.70. The van der Waals surface area contributed by atoms with E-state index in [1.54, 1.807) is 0 Å². The van der Waals surface area contributed by atoms with Crippen LogP contribution in [0.25, 0.3) is 0 Å². The van der Waals surface area contributed by atoms with Gasteiger partial charge >= 0.3 is 0 Å². The molecule has 19 heavy (non-hydrogen) atoms. The third-order valence-corrected chi connectivity index (χ3v) is 3.27. The third kappa shape index (κ3) is 4.75. The molecule has 2 rings (SSSR count). The number of benzene rings is 1. The van der Waals surface area contributed by atoms with Crippen LogP contribution >= 0.6 is 0 Å². The van der Waals surface area contributed by atoms with Crippen LogP contribution in [-0.4, -0.2) is 25.4 Å². The van der Waals surface area contributed by atoms with Crippen molar-refractivity contribution >= 4 is 5.69 Å². The first-order chi connectivity index (χ1) is 9.13. The molecule has 0 radical (unpaired) electrons. The molecule has 1 aliphatic rings. The molecule has 2 unspecified atom stereocenters. The topological polar surface area (TPSA) is 30.5 Å². The van der Waals surface area contributed by atoms with Gasteiger partial charge in [-0.15, -0.1) is 0 Å². The van der Waals surface area contributed by atoms with E-state index in [4.69, 9.17) is 9.47 Å². The fourth-order valence-corrected chi connectivity index (χ4v) is 2.30. The number of rotatable bonds is 5. The van der Waals surface area contributed by atoms with E-state index in [1.165, 1.54) is 0 Å². The van der Waals surface area contributed by atoms with Gasteiger partial charge in [-0.1, -0.05) is 19.9 Å². The van der Waals surface area contributed by atoms with Crippen LogP contribution in [0.3, 0.4) is 0 Å². The van der Waals surface area contributed by atoms with Gasteiger partial charge in [0.1, 0.15) is 5.75 Å². The summed E-state index contributed by atoms with van der Waals surface area (Å²) in [5.74, 6) is 1.49. The van der Waals surface area contributed by atoms with E-state index in [2.05, 4.69) is 38.2 Å². The van der Waals surface area contributed by atoms with Crippen molar-refractivity contribution in [2.24, 2.45) is 5.92 Å². The number of nitrogens with one attached hydrogen (secondary N) is 1. The van der Waals surface area contributed by atoms with Crippen molar-refractivity contribution in [3.8, 4) is 5.75 Å². The second kappa shape index (κ2) is 6.80. The second-order valence-corrected chi connectivity index (χ2v) is 5.78. The Kier molecular flexibility index (Phi) is 5.08. The highest BCUT2D eigenvalue weighted by Gasteiger charge is 2.18. The monoisotopic (exact) mass is 263 g/mol. The molecular formula is C16H25NO2. The lowest BCUT2D eigenvalue weighted by Crippen LogP contribution is -2.32. The summed E-state index contributed by atoms with van der Waals surface area (Å²) in [5.41, 5.74) is 1.14. The Bertz CT molecular complexity index is 392. The van der Waals surface area contributed by atoms with Crippen molar-refractivity contribution in [1.82, 2.24) is 0 Å². The van der Waals surface area contributed by atoms with Gasteiger partial charge in [-0.2, -0.15) is 0 Å². The number of hydrogen-bond donors (Lipinski definition) is 1. The normalized spacial score (nSPS) is 23.4. The summed E-state index contributed by atoms with van der Waals surface area (Å²) < 4.78 is 11.3. The van der Waals surface area contributed by atoms with Crippen molar-refractivity contribution < 1.29 is 9.47 Å². The Morgan fingerprint density at radius 2 is 2.26 bits per heavy atom. The molecule has 0 saturated carbocycles. The maximum atomic E-state index is 5.75. The van der Waals surface area contributed by atoms with Crippen LogP contribution in [0.15, 0.2) is 24.3 Å². The lowest BCUT2D eigenvalue weighted by atomic mass is 10.0. The molecule has 1 saturated heterocycles. The van der Waals surface area contributed by atoms with Gasteiger partial charge in [-0.3, -0.25) is 0 Å². The fourth-order valence-electron chi connectivity index (χ4n) is 2.30. The van der Waals surface area contributed by atoms with Gasteiger partial charge < -0.3 is 14.8 Å². The molecule has 1 N–H and O–H groups in total. The van der Waals surface area contributed by atoms with Crippen LogP contribution in [0.1, 0.15) is 33.6 Å². The highest BCUT2D eigenvalue weighted by atomic mass is 16.5. The average Bonchev–Trinajstić information content (AvgIpc) is 2.37. The van der Waals surface area contributed by atoms with Gasteiger partial charge in [0, 0.05) is 24.4 Å². The van der Waals surface area contributed by atoms with Crippen LogP contribution < -0.4 is 10.1 Å². The molecular weight excluding hydrogens is 238 g/mol. The smallest absolute Gasteiger partial charge is 0.121 e. The lowest BCUT2D eigenvalue weighted by molar-refractivity contribution is 0.0232. The largest absolute Gasteiger partial charge is 0.493 e. The standard InChI is InChI=1S/C16H25NO2/c1-12(2)11-19-16-6-4-5-14(10-16)17-15-7-8-18-13(3)9-15/h4-6,10,12-13,15,17H,7-9,11H2,1-3H3. The van der Waals surface area contributed by atoms with E-state index < -0.39 is 0 Å². The molecule has 3 heteroatoms. The van der Waals surface area contributed by atoms with Crippen molar-refractivity contribution in [3.05, 3.63) is 24.3 Å². The molecule has 2 atom stereocenters. The summed E-state index contributed by atoms with van der Waals surface area (Å²) in [7, 11) is 0. The molecule has 0 amide bonds. The summed E-state index contributed by atoms with van der Waals surface area (Å²) in [6.45, 7) is 8.06. The van der Waals surface area contributed by atoms with Crippen molar-refractivity contribution in [1.29, 1.82) is 0 Å². The van der Waals surface area contributed by atoms with E-state index in [0.29, 0.717) is 18.1 Å². The van der Waals surface area contributed by atoms with Gasteiger partial charge in [-0.05, 0) is 37.8 Å². The first-order valence-electron chi connectivity index (χ1n) is 7.24. The molecule has 1 aromatic carbocycles. The van der Waals surface area contributed by atoms with Crippen molar-refractivity contribution in [2.75, 3.05) is 18.5 Å². The van der Waals surface area contributed by atoms with Gasteiger partial charge in [-0.25, -0.2) is 0 Å². The van der Waals surface area contributed by atoms with Crippen molar-refractivity contribution in [2.45, 2.75) is 45.8 Å². The highest BCUT2D eigenvalue weighted by molar-refractivity contribution is 5.48. The minimum absolute atomic E-state index is 0.353. The Morgan fingerprint density at radius 3 is 3.00 bits per heavy atom. The Hall–Kier alpha value is -1.22. The van der Waals surface area contributed by atoms with E-state index in [0.717, 1.165) is 37.5 Å². The molecule has 0 aliphatic carbocycles. The number of hydrogen-bond acceptors (Lipinski definition) is 3. The van der Waals surface area contributed by atoms with Crippen LogP contribution in [-0.2, 0) is 4.74 Å². The maximum absolute atomic E-state index is 5.75. The quantitative estimate of drug-likeness (QED) is 0.878. The summed E-state index contributed by atoms with van der Waals surface area (Å²) in [6.07, 6.45) is 2.49. The number of ether oxygens (including phenoxy) is 2. The van der Waals surface area contributed by atoms with Crippen LogP contribution in [0, 0.1) is 5.92 Å². The molecule has 0 bridgehead atoms. The van der Waals surface area contributed by atoms with Gasteiger partial charge in [0.2, 0.25) is 0 Å². The van der Waals surface area contributed by atoms with Gasteiger partial charge in [0.05, 0.1) is 12.7 Å². The van der Waals surface area contributed by atoms with E-state index in [-0.39, 0.29) is 0 Å². The number of anilines is 1. The SMILES string of the molecule is CC(C)COc1cccc(NC2CCOC(C)C2)c1. The zero-order valence-corrected chi connectivity index (χ0v) is 12.2. The van der Waals surface area contributed by atoms with Gasteiger partial charge in [0.25, 0.3) is 0 Å². The fraction of sp³-hybridized carbons (Fsp3) is 0.625. The minimum atomic E-state index is 0.353. The van der Waals surface area contributed by atoms with Crippen LogP contribution in [0.2, 0.25) is 0 Å². The molecule has 1 aliphatic heterocycles. The Balaban J connectivity index is 1.90. The summed E-state index contributed by atoms with van der Waals surface area (Å²) in [5, 5.41) is 3.58. The molecule has 0 spiro atoms. The van der Waals surface area contributed by atoms with E-state index >= 15 is 0 Å². The van der Waals surface area contributed by atoms with Crippen LogP contribution in [0.5, 0.6) is 5.75 Å². The zero-order valence-electron chi connectivity index (χ0n) is 12.2. The lowest BCUT2D eigenvalue weighted by Gasteiger charge is -2.28. The second-order valence-electron chi connectivity index (χ2n) is 5.78. The predicted molar refractivity (Wildman–Crippen MR) is 78.8 cm³/mol. The minimum Gasteiger partial charge on any atom is -0.493 e. The Labute approximate surface area is 116 Å². The summed E-state index contributed by atoms with van der Waals surface area (Å²) >= 11 is 0. The Morgan fingerprint density at radius 1 is 1.42 bits per heavy atom. The van der Waals surface area contributed by atoms with Crippen LogP contribution in [0.4, 0.5) is 5.69 Å². The third-order valence-electron chi connectivity index (χ3n) is 3.27. The average molecular weight is 263 g/mol. The molecule has 0 aromatic heterocycles. The highest BCUT2D eigenvalue weighted by Crippen LogP contribution is 2.22. The van der Waals surface area contributed by atoms with Gasteiger partial charge in [0.15, 0.2) is 0 Å². The van der Waals surface area contributed by atoms with E-state index in [9.17, 15) is 0 Å². The molecule has 3 nitrogen and oxygen atoms in total. The summed E-state index contributed by atoms with van der Waals surface area (Å²) in [6, 6.07) is 8.75. The zero-order chi connectivity index (χ0) is 13.7.